The predicted molar refractivity (Wildman–Crippen MR) is 185 cm³/mol. The molecule has 0 spiro atoms. The van der Waals surface area contributed by atoms with E-state index in [1.807, 2.05) is 16.5 Å². The van der Waals surface area contributed by atoms with E-state index < -0.39 is 40.5 Å². The Morgan fingerprint density at radius 1 is 1.21 bits per heavy atom. The molecule has 0 bridgehead atoms. The van der Waals surface area contributed by atoms with Crippen molar-refractivity contribution in [3.05, 3.63) is 68.9 Å². The van der Waals surface area contributed by atoms with Gasteiger partial charge in [0.1, 0.15) is 12.4 Å². The highest BCUT2D eigenvalue weighted by atomic mass is 19.4. The second-order valence-corrected chi connectivity index (χ2v) is 14.3. The third-order valence-corrected chi connectivity index (χ3v) is 10.6. The van der Waals surface area contributed by atoms with Crippen molar-refractivity contribution in [2.45, 2.75) is 83.5 Å². The number of fused-ring (bicyclic) bond motifs is 3. The summed E-state index contributed by atoms with van der Waals surface area (Å²) in [7, 11) is 3.36. The zero-order valence-corrected chi connectivity index (χ0v) is 29.8. The van der Waals surface area contributed by atoms with Crippen LogP contribution in [-0.2, 0) is 37.0 Å². The SMILES string of the molecule is C=C1CN2CCC[C@@]2(COc2nc3c(c(N4CCCn5nc(C(=O)N(C)C)c(C)c5C4)n2)CO[C@H](c2c(F)c(N)cc(C#CC)c2C(F)(F)F)C3)C1. The quantitative estimate of drug-likeness (QED) is 0.159. The Balaban J connectivity index is 1.30. The minimum atomic E-state index is -4.94. The number of carbonyl (C=O) groups excluding carboxylic acids is 1. The Morgan fingerprint density at radius 3 is 2.73 bits per heavy atom. The van der Waals surface area contributed by atoms with Gasteiger partial charge in [-0.05, 0) is 52.1 Å². The molecule has 276 valence electrons. The standard InChI is InChI=1S/C37H42F4N8O3/c1-6-9-23-14-25(42)31(38)29(30(23)37(39,40)41)28-15-26-24(19-51-28)33(44-35(43-26)52-20-36-10-7-12-48(36)17-21(2)16-36)47-11-8-13-49-27(18-47)22(3)32(45-49)34(50)46(4)5/h14,28H,2,7-8,10-13,15-20,42H2,1,3-5H3/t28-,36-/m0/s1. The maximum absolute atomic E-state index is 15.7. The fraction of sp³-hybridized carbons (Fsp3) is 0.514. The molecule has 0 saturated carbocycles. The molecule has 4 aliphatic rings. The molecule has 0 unspecified atom stereocenters. The molecule has 0 radical (unpaired) electrons. The molecular formula is C37H42F4N8O3. The summed E-state index contributed by atoms with van der Waals surface area (Å²) in [4.78, 5) is 28.5. The maximum Gasteiger partial charge on any atom is 0.418 e. The van der Waals surface area contributed by atoms with E-state index >= 15 is 4.39 Å². The van der Waals surface area contributed by atoms with Crippen molar-refractivity contribution in [3.63, 3.8) is 0 Å². The molecule has 6 heterocycles. The van der Waals surface area contributed by atoms with E-state index in [2.05, 4.69) is 28.4 Å². The van der Waals surface area contributed by atoms with Gasteiger partial charge in [0.25, 0.3) is 5.91 Å². The molecule has 2 N–H and O–H groups in total. The van der Waals surface area contributed by atoms with E-state index in [9.17, 15) is 18.0 Å². The van der Waals surface area contributed by atoms with E-state index in [1.165, 1.54) is 11.8 Å². The summed E-state index contributed by atoms with van der Waals surface area (Å²) in [6.45, 7) is 10.8. The monoisotopic (exact) mass is 722 g/mol. The summed E-state index contributed by atoms with van der Waals surface area (Å²) in [5, 5.41) is 4.64. The van der Waals surface area contributed by atoms with Gasteiger partial charge in [0.05, 0.1) is 47.4 Å². The fourth-order valence-corrected chi connectivity index (χ4v) is 8.17. The van der Waals surface area contributed by atoms with Crippen LogP contribution in [0.3, 0.4) is 0 Å². The van der Waals surface area contributed by atoms with Crippen LogP contribution in [0.15, 0.2) is 18.2 Å². The van der Waals surface area contributed by atoms with E-state index in [0.29, 0.717) is 55.4 Å². The predicted octanol–water partition coefficient (Wildman–Crippen LogP) is 5.19. The number of nitrogen functional groups attached to an aromatic ring is 1. The second-order valence-electron chi connectivity index (χ2n) is 14.3. The number of hydrogen-bond acceptors (Lipinski definition) is 9. The molecule has 1 amide bonds. The smallest absolute Gasteiger partial charge is 0.418 e. The summed E-state index contributed by atoms with van der Waals surface area (Å²) in [6, 6.07) is 0.987. The van der Waals surface area contributed by atoms with Crippen LogP contribution in [-0.4, -0.2) is 81.3 Å². The van der Waals surface area contributed by atoms with E-state index in [1.54, 1.807) is 14.1 Å². The zero-order chi connectivity index (χ0) is 37.1. The molecule has 52 heavy (non-hydrogen) atoms. The largest absolute Gasteiger partial charge is 0.461 e. The average Bonchev–Trinajstić information content (AvgIpc) is 3.66. The Kier molecular flexibility index (Phi) is 9.19. The number of anilines is 2. The molecule has 7 rings (SSSR count). The van der Waals surface area contributed by atoms with E-state index in [-0.39, 0.29) is 30.5 Å². The summed E-state index contributed by atoms with van der Waals surface area (Å²) < 4.78 is 73.9. The third kappa shape index (κ3) is 6.25. The molecule has 1 aromatic carbocycles. The number of aryl methyl sites for hydroxylation is 1. The summed E-state index contributed by atoms with van der Waals surface area (Å²) in [5.74, 6) is 4.03. The molecule has 3 aromatic rings. The van der Waals surface area contributed by atoms with Gasteiger partial charge >= 0.3 is 12.2 Å². The second kappa shape index (κ2) is 13.4. The fourth-order valence-electron chi connectivity index (χ4n) is 8.17. The molecule has 2 fully saturated rings. The minimum absolute atomic E-state index is 0.0766. The van der Waals surface area contributed by atoms with Crippen molar-refractivity contribution >= 4 is 17.4 Å². The topological polar surface area (TPSA) is 115 Å². The van der Waals surface area contributed by atoms with E-state index in [4.69, 9.17) is 25.2 Å². The minimum Gasteiger partial charge on any atom is -0.461 e. The Bertz CT molecular complexity index is 2020. The number of amides is 1. The molecular weight excluding hydrogens is 680 g/mol. The summed E-state index contributed by atoms with van der Waals surface area (Å²) in [5.41, 5.74) is 6.96. The van der Waals surface area contributed by atoms with Crippen LogP contribution in [0.5, 0.6) is 6.01 Å². The van der Waals surface area contributed by atoms with Crippen molar-refractivity contribution in [3.8, 4) is 17.9 Å². The van der Waals surface area contributed by atoms with Crippen LogP contribution in [0.2, 0.25) is 0 Å². The number of alkyl halides is 3. The molecule has 4 aliphatic heterocycles. The number of carbonyl (C=O) groups is 1. The molecule has 2 atom stereocenters. The van der Waals surface area contributed by atoms with E-state index in [0.717, 1.165) is 55.2 Å². The van der Waals surface area contributed by atoms with Crippen LogP contribution in [0, 0.1) is 24.6 Å². The highest BCUT2D eigenvalue weighted by Crippen LogP contribution is 2.45. The van der Waals surface area contributed by atoms with Gasteiger partial charge < -0.3 is 25.0 Å². The van der Waals surface area contributed by atoms with Crippen molar-refractivity contribution in [2.75, 3.05) is 51.0 Å². The number of nitrogens with two attached hydrogens (primary N) is 1. The van der Waals surface area contributed by atoms with Gasteiger partial charge in [0, 0.05) is 62.4 Å². The molecule has 2 saturated heterocycles. The first-order valence-corrected chi connectivity index (χ1v) is 17.4. The molecule has 11 nitrogen and oxygen atoms in total. The first-order chi connectivity index (χ1) is 24.7. The van der Waals surface area contributed by atoms with Gasteiger partial charge in [0.2, 0.25) is 0 Å². The Hall–Kier alpha value is -4.68. The first-order valence-electron chi connectivity index (χ1n) is 17.4. The van der Waals surface area contributed by atoms with Crippen LogP contribution < -0.4 is 15.4 Å². The zero-order valence-electron chi connectivity index (χ0n) is 29.8. The van der Waals surface area contributed by atoms with Gasteiger partial charge in [0.15, 0.2) is 11.5 Å². The molecule has 2 aromatic heterocycles. The third-order valence-electron chi connectivity index (χ3n) is 10.6. The maximum atomic E-state index is 15.7. The lowest BCUT2D eigenvalue weighted by Crippen LogP contribution is -2.43. The van der Waals surface area contributed by atoms with Crippen LogP contribution in [0.1, 0.15) is 88.4 Å². The molecule has 0 aliphatic carbocycles. The average molecular weight is 723 g/mol. The summed E-state index contributed by atoms with van der Waals surface area (Å²) in [6.07, 6.45) is -3.06. The molecule has 15 heteroatoms. The van der Waals surface area contributed by atoms with Gasteiger partial charge in [-0.15, -0.1) is 5.92 Å². The number of hydrogen-bond donors (Lipinski definition) is 1. The number of halogens is 4. The van der Waals surface area contributed by atoms with Crippen molar-refractivity contribution < 1.29 is 31.8 Å². The number of nitrogens with zero attached hydrogens (tertiary/aromatic N) is 7. The number of benzene rings is 1. The number of rotatable bonds is 6. The normalized spacial score (nSPS) is 21.6. The van der Waals surface area contributed by atoms with Gasteiger partial charge in [-0.3, -0.25) is 14.4 Å². The number of aromatic nitrogens is 4. The van der Waals surface area contributed by atoms with Gasteiger partial charge in [-0.25, -0.2) is 4.39 Å². The lowest BCUT2D eigenvalue weighted by molar-refractivity contribution is -0.140. The van der Waals surface area contributed by atoms with Crippen molar-refractivity contribution in [1.29, 1.82) is 0 Å². The lowest BCUT2D eigenvalue weighted by atomic mass is 9.90. The first kappa shape index (κ1) is 35.7. The highest BCUT2D eigenvalue weighted by molar-refractivity contribution is 5.93. The van der Waals surface area contributed by atoms with Crippen LogP contribution in [0.25, 0.3) is 0 Å². The van der Waals surface area contributed by atoms with Crippen molar-refractivity contribution in [2.24, 2.45) is 0 Å². The Labute approximate surface area is 299 Å². The van der Waals surface area contributed by atoms with Crippen LogP contribution >= 0.6 is 0 Å². The van der Waals surface area contributed by atoms with Crippen molar-refractivity contribution in [1.82, 2.24) is 29.5 Å². The van der Waals surface area contributed by atoms with Crippen LogP contribution in [0.4, 0.5) is 29.1 Å². The Morgan fingerprint density at radius 2 is 2.00 bits per heavy atom. The van der Waals surface area contributed by atoms with Gasteiger partial charge in [-0.1, -0.05) is 18.1 Å². The van der Waals surface area contributed by atoms with Gasteiger partial charge in [-0.2, -0.15) is 28.2 Å². The highest BCUT2D eigenvalue weighted by Gasteiger charge is 2.47. The number of ether oxygens (including phenoxy) is 2. The lowest BCUT2D eigenvalue weighted by Gasteiger charge is -2.33. The summed E-state index contributed by atoms with van der Waals surface area (Å²) >= 11 is 0.